The molecular formula is C10H17N3OS. The monoisotopic (exact) mass is 227 g/mol. The molecule has 84 valence electrons. The summed E-state index contributed by atoms with van der Waals surface area (Å²) in [6.07, 6.45) is 1.45. The van der Waals surface area contributed by atoms with Crippen LogP contribution in [0, 0.1) is 0 Å². The van der Waals surface area contributed by atoms with E-state index in [2.05, 4.69) is 28.7 Å². The van der Waals surface area contributed by atoms with Gasteiger partial charge in [0, 0.05) is 18.4 Å². The molecule has 0 aliphatic carbocycles. The summed E-state index contributed by atoms with van der Waals surface area (Å²) in [4.78, 5) is 19.9. The van der Waals surface area contributed by atoms with Crippen molar-refractivity contribution in [2.75, 3.05) is 25.4 Å². The minimum Gasteiger partial charge on any atom is -0.313 e. The molecule has 0 amide bonds. The summed E-state index contributed by atoms with van der Waals surface area (Å²) in [6.45, 7) is 7.48. The third-order valence-corrected chi connectivity index (χ3v) is 3.11. The summed E-state index contributed by atoms with van der Waals surface area (Å²) < 4.78 is 0. The van der Waals surface area contributed by atoms with E-state index in [0.29, 0.717) is 0 Å². The van der Waals surface area contributed by atoms with Crippen LogP contribution >= 0.6 is 11.8 Å². The predicted molar refractivity (Wildman–Crippen MR) is 63.4 cm³/mol. The number of aromatic amines is 1. The fourth-order valence-corrected chi connectivity index (χ4v) is 2.12. The van der Waals surface area contributed by atoms with Crippen LogP contribution in [0.15, 0.2) is 22.2 Å². The third kappa shape index (κ3) is 4.48. The zero-order valence-electron chi connectivity index (χ0n) is 9.19. The first kappa shape index (κ1) is 12.3. The van der Waals surface area contributed by atoms with E-state index in [4.69, 9.17) is 0 Å². The quantitative estimate of drug-likeness (QED) is 0.586. The van der Waals surface area contributed by atoms with E-state index >= 15 is 0 Å². The Morgan fingerprint density at radius 1 is 1.47 bits per heavy atom. The lowest BCUT2D eigenvalue weighted by atomic mass is 10.5. The van der Waals surface area contributed by atoms with Crippen LogP contribution in [-0.2, 0) is 0 Å². The molecule has 1 N–H and O–H groups in total. The summed E-state index contributed by atoms with van der Waals surface area (Å²) in [5.41, 5.74) is -0.0876. The van der Waals surface area contributed by atoms with Gasteiger partial charge in [-0.15, -0.1) is 11.8 Å². The van der Waals surface area contributed by atoms with Gasteiger partial charge in [0.05, 0.1) is 6.33 Å². The standard InChI is InChI=1S/C10H17N3OS/c1-3-13(4-2)5-6-15-10-7-9(14)11-8-12-10/h7-8H,3-6H2,1-2H3,(H,11,12,14). The van der Waals surface area contributed by atoms with Gasteiger partial charge in [0.25, 0.3) is 5.56 Å². The lowest BCUT2D eigenvalue weighted by Crippen LogP contribution is -2.25. The summed E-state index contributed by atoms with van der Waals surface area (Å²) >= 11 is 1.62. The molecular weight excluding hydrogens is 210 g/mol. The number of nitrogens with zero attached hydrogens (tertiary/aromatic N) is 2. The minimum atomic E-state index is -0.0876. The van der Waals surface area contributed by atoms with Crippen molar-refractivity contribution in [3.8, 4) is 0 Å². The zero-order chi connectivity index (χ0) is 11.1. The molecule has 1 aromatic rings. The van der Waals surface area contributed by atoms with Crippen LogP contribution in [0.25, 0.3) is 0 Å². The normalized spacial score (nSPS) is 10.9. The largest absolute Gasteiger partial charge is 0.313 e. The fourth-order valence-electron chi connectivity index (χ4n) is 1.25. The molecule has 0 unspecified atom stereocenters. The summed E-state index contributed by atoms with van der Waals surface area (Å²) in [5.74, 6) is 0.970. The van der Waals surface area contributed by atoms with Gasteiger partial charge in [-0.2, -0.15) is 0 Å². The van der Waals surface area contributed by atoms with E-state index in [1.54, 1.807) is 11.8 Å². The molecule has 0 fully saturated rings. The van der Waals surface area contributed by atoms with Crippen LogP contribution in [0.3, 0.4) is 0 Å². The Morgan fingerprint density at radius 3 is 2.80 bits per heavy atom. The average molecular weight is 227 g/mol. The maximum absolute atomic E-state index is 11.0. The molecule has 0 aromatic carbocycles. The Labute approximate surface area is 94.1 Å². The summed E-state index contributed by atoms with van der Waals surface area (Å²) in [5, 5.41) is 0.797. The van der Waals surface area contributed by atoms with Crippen LogP contribution in [0.5, 0.6) is 0 Å². The Balaban J connectivity index is 2.34. The highest BCUT2D eigenvalue weighted by atomic mass is 32.2. The van der Waals surface area contributed by atoms with Crippen molar-refractivity contribution in [1.82, 2.24) is 14.9 Å². The second-order valence-electron chi connectivity index (χ2n) is 3.12. The van der Waals surface area contributed by atoms with Crippen LogP contribution in [0.1, 0.15) is 13.8 Å². The van der Waals surface area contributed by atoms with E-state index in [1.807, 2.05) is 0 Å². The molecule has 1 rings (SSSR count). The van der Waals surface area contributed by atoms with Crippen molar-refractivity contribution in [1.29, 1.82) is 0 Å². The first-order chi connectivity index (χ1) is 7.26. The Morgan fingerprint density at radius 2 is 2.20 bits per heavy atom. The van der Waals surface area contributed by atoms with E-state index in [1.165, 1.54) is 12.4 Å². The Hall–Kier alpha value is -0.810. The average Bonchev–Trinajstić information content (AvgIpc) is 2.25. The maximum Gasteiger partial charge on any atom is 0.251 e. The lowest BCUT2D eigenvalue weighted by Gasteiger charge is -2.16. The van der Waals surface area contributed by atoms with Gasteiger partial charge in [0.15, 0.2) is 0 Å². The van der Waals surface area contributed by atoms with Crippen molar-refractivity contribution in [3.63, 3.8) is 0 Å². The van der Waals surface area contributed by atoms with E-state index in [9.17, 15) is 4.79 Å². The number of aromatic nitrogens is 2. The molecule has 1 heterocycles. The van der Waals surface area contributed by atoms with Crippen molar-refractivity contribution >= 4 is 11.8 Å². The topological polar surface area (TPSA) is 49.0 Å². The van der Waals surface area contributed by atoms with Crippen LogP contribution in [0.2, 0.25) is 0 Å². The molecule has 0 saturated carbocycles. The number of hydrogen-bond acceptors (Lipinski definition) is 4. The summed E-state index contributed by atoms with van der Waals surface area (Å²) in [6, 6.07) is 1.53. The maximum atomic E-state index is 11.0. The summed E-state index contributed by atoms with van der Waals surface area (Å²) in [7, 11) is 0. The highest BCUT2D eigenvalue weighted by molar-refractivity contribution is 7.99. The number of nitrogens with one attached hydrogen (secondary N) is 1. The van der Waals surface area contributed by atoms with Crippen molar-refractivity contribution < 1.29 is 0 Å². The van der Waals surface area contributed by atoms with Gasteiger partial charge in [-0.05, 0) is 13.1 Å². The molecule has 15 heavy (non-hydrogen) atoms. The molecule has 4 nitrogen and oxygen atoms in total. The molecule has 0 radical (unpaired) electrons. The van der Waals surface area contributed by atoms with Gasteiger partial charge in [0.1, 0.15) is 5.03 Å². The van der Waals surface area contributed by atoms with Crippen molar-refractivity contribution in [3.05, 3.63) is 22.7 Å². The molecule has 5 heteroatoms. The fraction of sp³-hybridized carbons (Fsp3) is 0.600. The SMILES string of the molecule is CCN(CC)CCSc1cc(=O)[nH]cn1. The van der Waals surface area contributed by atoms with E-state index < -0.39 is 0 Å². The first-order valence-electron chi connectivity index (χ1n) is 5.16. The number of H-pyrrole nitrogens is 1. The molecule has 0 aliphatic rings. The zero-order valence-corrected chi connectivity index (χ0v) is 10.0. The van der Waals surface area contributed by atoms with Crippen LogP contribution < -0.4 is 5.56 Å². The molecule has 1 aromatic heterocycles. The molecule has 0 saturated heterocycles. The number of hydrogen-bond donors (Lipinski definition) is 1. The number of thioether (sulfide) groups is 1. The second kappa shape index (κ2) is 6.63. The molecule has 0 atom stereocenters. The second-order valence-corrected chi connectivity index (χ2v) is 4.24. The van der Waals surface area contributed by atoms with E-state index in [-0.39, 0.29) is 5.56 Å². The van der Waals surface area contributed by atoms with Gasteiger partial charge in [0.2, 0.25) is 0 Å². The van der Waals surface area contributed by atoms with Gasteiger partial charge in [-0.25, -0.2) is 4.98 Å². The Kier molecular flexibility index (Phi) is 5.42. The number of rotatable bonds is 6. The Bertz CT molecular complexity index is 335. The highest BCUT2D eigenvalue weighted by Crippen LogP contribution is 2.11. The molecule has 0 bridgehead atoms. The van der Waals surface area contributed by atoms with Gasteiger partial charge < -0.3 is 9.88 Å². The smallest absolute Gasteiger partial charge is 0.251 e. The highest BCUT2D eigenvalue weighted by Gasteiger charge is 2.00. The first-order valence-corrected chi connectivity index (χ1v) is 6.14. The van der Waals surface area contributed by atoms with Gasteiger partial charge >= 0.3 is 0 Å². The molecule has 0 spiro atoms. The third-order valence-electron chi connectivity index (χ3n) is 2.21. The lowest BCUT2D eigenvalue weighted by molar-refractivity contribution is 0.324. The van der Waals surface area contributed by atoms with E-state index in [0.717, 1.165) is 30.4 Å². The molecule has 0 aliphatic heterocycles. The minimum absolute atomic E-state index is 0.0876. The predicted octanol–water partition coefficient (Wildman–Crippen LogP) is 1.20. The van der Waals surface area contributed by atoms with Gasteiger partial charge in [-0.3, -0.25) is 4.79 Å². The van der Waals surface area contributed by atoms with Crippen LogP contribution in [0.4, 0.5) is 0 Å². The van der Waals surface area contributed by atoms with Gasteiger partial charge in [-0.1, -0.05) is 13.8 Å². The van der Waals surface area contributed by atoms with Crippen molar-refractivity contribution in [2.24, 2.45) is 0 Å². The van der Waals surface area contributed by atoms with Crippen LogP contribution in [-0.4, -0.2) is 40.3 Å². The van der Waals surface area contributed by atoms with Crippen molar-refractivity contribution in [2.45, 2.75) is 18.9 Å².